The molecule has 2 heteroatoms. The largest absolute Gasteiger partial charge is 0.337 e. The smallest absolute Gasteiger partial charge is 0.230 e. The van der Waals surface area contributed by atoms with Gasteiger partial charge in [0.2, 0.25) is 5.91 Å². The van der Waals surface area contributed by atoms with Gasteiger partial charge < -0.3 is 4.90 Å². The fraction of sp³-hybridized carbons (Fsp3) is 0.588. The van der Waals surface area contributed by atoms with Crippen LogP contribution in [0, 0.1) is 18.3 Å². The summed E-state index contributed by atoms with van der Waals surface area (Å²) in [7, 11) is 0. The maximum absolute atomic E-state index is 12.4. The lowest BCUT2D eigenvalue weighted by molar-refractivity contribution is -0.165. The molecule has 0 unspecified atom stereocenters. The van der Waals surface area contributed by atoms with Gasteiger partial charge in [-0.25, -0.2) is 0 Å². The maximum Gasteiger partial charge on any atom is 0.230 e. The molecule has 0 N–H and O–H groups in total. The summed E-state index contributed by atoms with van der Waals surface area (Å²) in [6.45, 7) is 6.17. The molecule has 0 radical (unpaired) electrons. The number of benzene rings is 1. The average molecular weight is 257 g/mol. The van der Waals surface area contributed by atoms with Gasteiger partial charge in [-0.2, -0.15) is 0 Å². The summed E-state index contributed by atoms with van der Waals surface area (Å²) in [6, 6.07) is 8.52. The molecule has 3 rings (SSSR count). The third-order valence-corrected chi connectivity index (χ3v) is 4.96. The van der Waals surface area contributed by atoms with Gasteiger partial charge in [0.15, 0.2) is 0 Å². The minimum absolute atomic E-state index is 0.0250. The Morgan fingerprint density at radius 1 is 1.21 bits per heavy atom. The molecule has 1 aromatic carbocycles. The van der Waals surface area contributed by atoms with Crippen LogP contribution in [0.2, 0.25) is 0 Å². The van der Waals surface area contributed by atoms with Gasteiger partial charge in [-0.05, 0) is 44.1 Å². The van der Waals surface area contributed by atoms with Crippen LogP contribution in [0.15, 0.2) is 24.3 Å². The summed E-state index contributed by atoms with van der Waals surface area (Å²) in [5.74, 6) is 1.21. The Kier molecular flexibility index (Phi) is 3.12. The molecule has 1 aliphatic carbocycles. The monoisotopic (exact) mass is 257 g/mol. The standard InChI is InChI=1S/C17H23NO/c1-13-3-5-15(6-4-13)11-18-12-17(16(18)19)9-7-14(2)8-10-17/h3-6,14H,7-12H2,1-2H3. The molecule has 1 aromatic rings. The number of carbonyl (C=O) groups excluding carboxylic acids is 1. The predicted molar refractivity (Wildman–Crippen MR) is 76.7 cm³/mol. The van der Waals surface area contributed by atoms with Crippen molar-refractivity contribution in [3.05, 3.63) is 35.4 Å². The van der Waals surface area contributed by atoms with Gasteiger partial charge in [-0.3, -0.25) is 4.79 Å². The van der Waals surface area contributed by atoms with Gasteiger partial charge >= 0.3 is 0 Å². The number of hydrogen-bond donors (Lipinski definition) is 0. The Bertz CT molecular complexity index is 469. The van der Waals surface area contributed by atoms with E-state index in [0.717, 1.165) is 31.8 Å². The van der Waals surface area contributed by atoms with Gasteiger partial charge in [0.05, 0.1) is 5.41 Å². The average Bonchev–Trinajstić information content (AvgIpc) is 2.42. The summed E-state index contributed by atoms with van der Waals surface area (Å²) in [5.41, 5.74) is 2.55. The van der Waals surface area contributed by atoms with E-state index in [2.05, 4.69) is 38.1 Å². The van der Waals surface area contributed by atoms with Gasteiger partial charge in [-0.1, -0.05) is 36.8 Å². The molecule has 19 heavy (non-hydrogen) atoms. The zero-order valence-corrected chi connectivity index (χ0v) is 12.0. The summed E-state index contributed by atoms with van der Waals surface area (Å²) < 4.78 is 0. The summed E-state index contributed by atoms with van der Waals surface area (Å²) in [4.78, 5) is 14.5. The van der Waals surface area contributed by atoms with E-state index in [9.17, 15) is 4.79 Å². The van der Waals surface area contributed by atoms with Crippen LogP contribution in [-0.4, -0.2) is 17.4 Å². The van der Waals surface area contributed by atoms with Crippen LogP contribution < -0.4 is 0 Å². The second kappa shape index (κ2) is 4.66. The molecule has 0 bridgehead atoms. The number of hydrogen-bond acceptors (Lipinski definition) is 1. The molecule has 1 amide bonds. The van der Waals surface area contributed by atoms with E-state index in [-0.39, 0.29) is 5.41 Å². The number of β-lactam (4-membered cyclic amide) rings is 1. The second-order valence-corrected chi connectivity index (χ2v) is 6.61. The number of carbonyl (C=O) groups is 1. The molecule has 2 aliphatic rings. The quantitative estimate of drug-likeness (QED) is 0.742. The normalized spacial score (nSPS) is 30.5. The fourth-order valence-corrected chi connectivity index (χ4v) is 3.48. The van der Waals surface area contributed by atoms with Crippen molar-refractivity contribution >= 4 is 5.91 Å². The molecule has 1 saturated carbocycles. The fourth-order valence-electron chi connectivity index (χ4n) is 3.48. The summed E-state index contributed by atoms with van der Waals surface area (Å²) in [5, 5.41) is 0. The van der Waals surface area contributed by atoms with E-state index in [4.69, 9.17) is 0 Å². The Labute approximate surface area is 115 Å². The van der Waals surface area contributed by atoms with Crippen molar-refractivity contribution in [1.82, 2.24) is 4.90 Å². The third-order valence-electron chi connectivity index (χ3n) is 4.96. The minimum atomic E-state index is 0.0250. The van der Waals surface area contributed by atoms with Gasteiger partial charge in [-0.15, -0.1) is 0 Å². The van der Waals surface area contributed by atoms with Crippen molar-refractivity contribution in [3.63, 3.8) is 0 Å². The SMILES string of the molecule is Cc1ccc(CN2CC3(CCC(C)CC3)C2=O)cc1. The van der Waals surface area contributed by atoms with Crippen LogP contribution >= 0.6 is 0 Å². The lowest BCUT2D eigenvalue weighted by Gasteiger charge is -2.52. The predicted octanol–water partition coefficient (Wildman–Crippen LogP) is 3.53. The molecule has 1 aliphatic heterocycles. The Balaban J connectivity index is 1.61. The molecule has 102 valence electrons. The van der Waals surface area contributed by atoms with Crippen LogP contribution in [0.5, 0.6) is 0 Å². The number of nitrogens with zero attached hydrogens (tertiary/aromatic N) is 1. The maximum atomic E-state index is 12.4. The Hall–Kier alpha value is -1.31. The first-order chi connectivity index (χ1) is 9.09. The van der Waals surface area contributed by atoms with Crippen molar-refractivity contribution in [2.75, 3.05) is 6.54 Å². The number of likely N-dealkylation sites (tertiary alicyclic amines) is 1. The molecule has 1 saturated heterocycles. The van der Waals surface area contributed by atoms with Crippen LogP contribution in [0.25, 0.3) is 0 Å². The Morgan fingerprint density at radius 2 is 1.84 bits per heavy atom. The first kappa shape index (κ1) is 12.7. The number of amides is 1. The van der Waals surface area contributed by atoms with Crippen molar-refractivity contribution in [3.8, 4) is 0 Å². The molecule has 1 spiro atoms. The van der Waals surface area contributed by atoms with E-state index in [1.54, 1.807) is 0 Å². The first-order valence-corrected chi connectivity index (χ1v) is 7.44. The number of rotatable bonds is 2. The van der Waals surface area contributed by atoms with E-state index < -0.39 is 0 Å². The van der Waals surface area contributed by atoms with E-state index >= 15 is 0 Å². The van der Waals surface area contributed by atoms with E-state index in [0.29, 0.717) is 5.91 Å². The highest BCUT2D eigenvalue weighted by Gasteiger charge is 2.52. The topological polar surface area (TPSA) is 20.3 Å². The van der Waals surface area contributed by atoms with Crippen LogP contribution in [0.4, 0.5) is 0 Å². The third kappa shape index (κ3) is 2.29. The second-order valence-electron chi connectivity index (χ2n) is 6.61. The lowest BCUT2D eigenvalue weighted by atomic mass is 9.65. The first-order valence-electron chi connectivity index (χ1n) is 7.44. The molecule has 0 aromatic heterocycles. The van der Waals surface area contributed by atoms with Crippen molar-refractivity contribution < 1.29 is 4.79 Å². The zero-order valence-electron chi connectivity index (χ0n) is 12.0. The summed E-state index contributed by atoms with van der Waals surface area (Å²) in [6.07, 6.45) is 4.67. The molecule has 1 heterocycles. The highest BCUT2D eigenvalue weighted by atomic mass is 16.2. The van der Waals surface area contributed by atoms with E-state index in [1.807, 2.05) is 4.90 Å². The molecular formula is C17H23NO. The lowest BCUT2D eigenvalue weighted by Crippen LogP contribution is -2.61. The van der Waals surface area contributed by atoms with E-state index in [1.165, 1.54) is 24.0 Å². The molecule has 2 nitrogen and oxygen atoms in total. The van der Waals surface area contributed by atoms with Crippen molar-refractivity contribution in [2.24, 2.45) is 11.3 Å². The van der Waals surface area contributed by atoms with Crippen LogP contribution in [0.1, 0.15) is 43.7 Å². The highest BCUT2D eigenvalue weighted by Crippen LogP contribution is 2.46. The van der Waals surface area contributed by atoms with Gasteiger partial charge in [0.1, 0.15) is 0 Å². The zero-order chi connectivity index (χ0) is 13.5. The summed E-state index contributed by atoms with van der Waals surface area (Å²) >= 11 is 0. The van der Waals surface area contributed by atoms with Gasteiger partial charge in [0, 0.05) is 13.1 Å². The van der Waals surface area contributed by atoms with Crippen LogP contribution in [-0.2, 0) is 11.3 Å². The molecule has 0 atom stereocenters. The number of aryl methyl sites for hydroxylation is 1. The molecule has 2 fully saturated rings. The van der Waals surface area contributed by atoms with Gasteiger partial charge in [0.25, 0.3) is 0 Å². The highest BCUT2D eigenvalue weighted by molar-refractivity contribution is 5.88. The van der Waals surface area contributed by atoms with Crippen molar-refractivity contribution in [1.29, 1.82) is 0 Å². The molecular weight excluding hydrogens is 234 g/mol. The van der Waals surface area contributed by atoms with Crippen molar-refractivity contribution in [2.45, 2.75) is 46.1 Å². The Morgan fingerprint density at radius 3 is 2.42 bits per heavy atom. The minimum Gasteiger partial charge on any atom is -0.337 e. The van der Waals surface area contributed by atoms with Crippen LogP contribution in [0.3, 0.4) is 0 Å².